The zero-order valence-corrected chi connectivity index (χ0v) is 6.43. The Morgan fingerprint density at radius 2 is 2.00 bits per heavy atom. The molecule has 1 rings (SSSR count). The average Bonchev–Trinajstić information content (AvgIpc) is 1.82. The summed E-state index contributed by atoms with van der Waals surface area (Å²) in [6, 6.07) is 0. The van der Waals surface area contributed by atoms with Gasteiger partial charge in [0, 0.05) is 0 Å². The van der Waals surface area contributed by atoms with Crippen molar-refractivity contribution in [1.29, 1.82) is 0 Å². The van der Waals surface area contributed by atoms with E-state index in [1.165, 1.54) is 19.2 Å². The Bertz CT molecular complexity index is 81.0. The van der Waals surface area contributed by atoms with E-state index in [2.05, 4.69) is 28.3 Å². The fourth-order valence-electron chi connectivity index (χ4n) is 1.56. The summed E-state index contributed by atoms with van der Waals surface area (Å²) in [5.74, 6) is 1.85. The maximum atomic E-state index is 2.45. The summed E-state index contributed by atoms with van der Waals surface area (Å²) in [4.78, 5) is 0. The summed E-state index contributed by atoms with van der Waals surface area (Å²) >= 11 is 0. The first kappa shape index (κ1) is 7.24. The van der Waals surface area contributed by atoms with Gasteiger partial charge < -0.3 is 0 Å². The summed E-state index contributed by atoms with van der Waals surface area (Å²) in [7, 11) is 4.80. The average molecular weight is 120 g/mol. The largest absolute Gasteiger partial charge is 0.112 e. The van der Waals surface area contributed by atoms with Crippen molar-refractivity contribution >= 4 is 14.6 Å². The van der Waals surface area contributed by atoms with Crippen LogP contribution in [0, 0.1) is 0 Å². The molecule has 1 aliphatic rings. The van der Waals surface area contributed by atoms with Gasteiger partial charge in [-0.15, -0.1) is 0 Å². The van der Waals surface area contributed by atoms with Gasteiger partial charge in [0.05, 0.1) is 0 Å². The number of hydrogen-bond acceptors (Lipinski definition) is 0. The highest BCUT2D eigenvalue weighted by Gasteiger charge is 2.28. The SMILES string of the molecule is C[B]C1CCC1[B]CC. The van der Waals surface area contributed by atoms with E-state index in [1.54, 1.807) is 0 Å². The smallest absolute Gasteiger partial charge is 0.0917 e. The lowest BCUT2D eigenvalue weighted by Crippen LogP contribution is -2.23. The van der Waals surface area contributed by atoms with Crippen molar-refractivity contribution in [3.63, 3.8) is 0 Å². The molecule has 2 unspecified atom stereocenters. The third-order valence-electron chi connectivity index (χ3n) is 2.35. The normalized spacial score (nSPS) is 33.1. The molecular weight excluding hydrogens is 106 g/mol. The van der Waals surface area contributed by atoms with E-state index >= 15 is 0 Å². The van der Waals surface area contributed by atoms with Crippen molar-refractivity contribution in [3.8, 4) is 0 Å². The molecule has 2 atom stereocenters. The minimum atomic E-state index is 0.921. The van der Waals surface area contributed by atoms with Crippen LogP contribution in [0.2, 0.25) is 24.8 Å². The van der Waals surface area contributed by atoms with Crippen LogP contribution in [-0.2, 0) is 0 Å². The molecule has 0 N–H and O–H groups in total. The topological polar surface area (TPSA) is 0 Å². The third kappa shape index (κ3) is 1.53. The predicted molar refractivity (Wildman–Crippen MR) is 44.6 cm³/mol. The van der Waals surface area contributed by atoms with Gasteiger partial charge in [-0.05, 0) is 0 Å². The van der Waals surface area contributed by atoms with Crippen LogP contribution >= 0.6 is 0 Å². The van der Waals surface area contributed by atoms with Crippen LogP contribution in [0.25, 0.3) is 0 Å². The molecule has 0 heterocycles. The van der Waals surface area contributed by atoms with Crippen molar-refractivity contribution in [3.05, 3.63) is 0 Å². The van der Waals surface area contributed by atoms with Gasteiger partial charge in [-0.2, -0.15) is 0 Å². The Morgan fingerprint density at radius 3 is 2.33 bits per heavy atom. The van der Waals surface area contributed by atoms with Crippen LogP contribution < -0.4 is 0 Å². The Kier molecular flexibility index (Phi) is 2.68. The van der Waals surface area contributed by atoms with Gasteiger partial charge in [0.15, 0.2) is 0 Å². The molecule has 0 saturated heterocycles. The van der Waals surface area contributed by atoms with Crippen LogP contribution in [0.1, 0.15) is 19.8 Å². The summed E-state index contributed by atoms with van der Waals surface area (Å²) in [6.07, 6.45) is 4.11. The first-order valence-corrected chi connectivity index (χ1v) is 4.01. The molecular formula is C7H14B2. The number of hydrogen-bond donors (Lipinski definition) is 0. The van der Waals surface area contributed by atoms with Crippen LogP contribution in [0.3, 0.4) is 0 Å². The van der Waals surface area contributed by atoms with E-state index in [0.717, 1.165) is 11.6 Å². The second kappa shape index (κ2) is 3.34. The van der Waals surface area contributed by atoms with E-state index in [4.69, 9.17) is 0 Å². The highest BCUT2D eigenvalue weighted by Crippen LogP contribution is 2.43. The molecule has 0 aliphatic heterocycles. The second-order valence-electron chi connectivity index (χ2n) is 2.88. The lowest BCUT2D eigenvalue weighted by atomic mass is 9.40. The quantitative estimate of drug-likeness (QED) is 0.501. The standard InChI is InChI=1S/C7H14B2/c1-3-9-7-5-4-6(7)8-2/h6-7H,3-5H2,1-2H3. The predicted octanol–water partition coefficient (Wildman–Crippen LogP) is 2.25. The lowest BCUT2D eigenvalue weighted by molar-refractivity contribution is 0.494. The monoisotopic (exact) mass is 120 g/mol. The molecule has 0 amide bonds. The van der Waals surface area contributed by atoms with Gasteiger partial charge in [-0.1, -0.05) is 44.5 Å². The molecule has 2 heteroatoms. The minimum absolute atomic E-state index is 0.921. The molecule has 1 fully saturated rings. The second-order valence-corrected chi connectivity index (χ2v) is 2.88. The molecule has 9 heavy (non-hydrogen) atoms. The summed E-state index contributed by atoms with van der Waals surface area (Å²) in [5, 5.41) is 0. The van der Waals surface area contributed by atoms with E-state index in [0.29, 0.717) is 0 Å². The van der Waals surface area contributed by atoms with Gasteiger partial charge in [0.25, 0.3) is 0 Å². The van der Waals surface area contributed by atoms with Crippen molar-refractivity contribution in [2.45, 2.75) is 44.5 Å². The first-order valence-electron chi connectivity index (χ1n) is 4.01. The van der Waals surface area contributed by atoms with Crippen molar-refractivity contribution < 1.29 is 0 Å². The molecule has 0 aromatic heterocycles. The Balaban J connectivity index is 2.11. The van der Waals surface area contributed by atoms with Crippen LogP contribution in [0.5, 0.6) is 0 Å². The number of rotatable bonds is 3. The Hall–Kier alpha value is 0.130. The molecule has 0 aromatic carbocycles. The summed E-state index contributed by atoms with van der Waals surface area (Å²) in [5.41, 5.74) is 0. The zero-order chi connectivity index (χ0) is 6.69. The van der Waals surface area contributed by atoms with Gasteiger partial charge in [0.1, 0.15) is 14.6 Å². The van der Waals surface area contributed by atoms with Crippen molar-refractivity contribution in [1.82, 2.24) is 0 Å². The Morgan fingerprint density at radius 1 is 1.33 bits per heavy atom. The molecule has 0 spiro atoms. The highest BCUT2D eigenvalue weighted by atomic mass is 14.2. The molecule has 0 aromatic rings. The Labute approximate surface area is 59.9 Å². The molecule has 0 nitrogen and oxygen atoms in total. The van der Waals surface area contributed by atoms with E-state index in [-0.39, 0.29) is 0 Å². The highest BCUT2D eigenvalue weighted by molar-refractivity contribution is 6.45. The van der Waals surface area contributed by atoms with Crippen molar-refractivity contribution in [2.75, 3.05) is 0 Å². The van der Waals surface area contributed by atoms with Crippen LogP contribution in [0.4, 0.5) is 0 Å². The van der Waals surface area contributed by atoms with Gasteiger partial charge in [-0.3, -0.25) is 0 Å². The van der Waals surface area contributed by atoms with Crippen LogP contribution in [0.15, 0.2) is 0 Å². The van der Waals surface area contributed by atoms with E-state index < -0.39 is 0 Å². The lowest BCUT2D eigenvalue weighted by Gasteiger charge is -2.35. The maximum Gasteiger partial charge on any atom is 0.112 e. The molecule has 1 aliphatic carbocycles. The molecule has 48 valence electrons. The van der Waals surface area contributed by atoms with E-state index in [9.17, 15) is 0 Å². The summed E-state index contributed by atoms with van der Waals surface area (Å²) < 4.78 is 0. The molecule has 2 radical (unpaired) electrons. The van der Waals surface area contributed by atoms with Crippen molar-refractivity contribution in [2.24, 2.45) is 0 Å². The summed E-state index contributed by atoms with van der Waals surface area (Å²) in [6.45, 7) is 4.41. The maximum absolute atomic E-state index is 2.45. The zero-order valence-electron chi connectivity index (χ0n) is 6.43. The minimum Gasteiger partial charge on any atom is -0.0917 e. The fraction of sp³-hybridized carbons (Fsp3) is 1.00. The third-order valence-corrected chi connectivity index (χ3v) is 2.35. The van der Waals surface area contributed by atoms with Crippen LogP contribution in [-0.4, -0.2) is 14.6 Å². The van der Waals surface area contributed by atoms with Gasteiger partial charge in [-0.25, -0.2) is 0 Å². The first-order chi connectivity index (χ1) is 4.38. The fourth-order valence-corrected chi connectivity index (χ4v) is 1.56. The van der Waals surface area contributed by atoms with Gasteiger partial charge in [0.2, 0.25) is 0 Å². The molecule has 1 saturated carbocycles. The van der Waals surface area contributed by atoms with Gasteiger partial charge >= 0.3 is 0 Å². The molecule has 0 bridgehead atoms. The van der Waals surface area contributed by atoms with E-state index in [1.807, 2.05) is 0 Å².